The maximum Gasteiger partial charge on any atom is 0.415 e. The third-order valence-corrected chi connectivity index (χ3v) is 3.81. The number of nitrogen functional groups attached to an aromatic ring is 1. The number of cyclic esters (lactones) is 1. The van der Waals surface area contributed by atoms with Gasteiger partial charge in [0, 0.05) is 11.4 Å². The molecule has 3 rings (SSSR count). The number of hydrogen-bond acceptors (Lipinski definition) is 3. The predicted molar refractivity (Wildman–Crippen MR) is 65.9 cm³/mol. The molecule has 0 unspecified atom stereocenters. The number of ether oxygens (including phenoxy) is 1. The van der Waals surface area contributed by atoms with E-state index in [1.165, 1.54) is 12.8 Å². The fourth-order valence-corrected chi connectivity index (χ4v) is 2.92. The van der Waals surface area contributed by atoms with Gasteiger partial charge in [0.2, 0.25) is 0 Å². The smallest absolute Gasteiger partial charge is 0.415 e. The molecule has 4 nitrogen and oxygen atoms in total. The second kappa shape index (κ2) is 3.65. The second-order valence-corrected chi connectivity index (χ2v) is 4.91. The van der Waals surface area contributed by atoms with Crippen LogP contribution in [0.15, 0.2) is 24.3 Å². The fraction of sp³-hybridized carbons (Fsp3) is 0.462. The first-order valence-electron chi connectivity index (χ1n) is 6.04. The van der Waals surface area contributed by atoms with Gasteiger partial charge in [-0.1, -0.05) is 12.8 Å². The van der Waals surface area contributed by atoms with Gasteiger partial charge in [-0.15, -0.1) is 0 Å². The van der Waals surface area contributed by atoms with Crippen molar-refractivity contribution >= 4 is 17.5 Å². The van der Waals surface area contributed by atoms with E-state index in [1.807, 2.05) is 29.2 Å². The van der Waals surface area contributed by atoms with Gasteiger partial charge in [0.05, 0.1) is 5.54 Å². The first-order valence-corrected chi connectivity index (χ1v) is 6.04. The van der Waals surface area contributed by atoms with Crippen LogP contribution >= 0.6 is 0 Å². The Kier molecular flexibility index (Phi) is 2.24. The molecule has 0 aromatic heterocycles. The first kappa shape index (κ1) is 10.4. The van der Waals surface area contributed by atoms with E-state index in [4.69, 9.17) is 10.5 Å². The van der Waals surface area contributed by atoms with Crippen LogP contribution in [0.1, 0.15) is 25.7 Å². The number of carbonyl (C=O) groups excluding carboxylic acids is 1. The molecule has 2 aliphatic rings. The molecule has 1 saturated carbocycles. The Labute approximate surface area is 100 Å². The summed E-state index contributed by atoms with van der Waals surface area (Å²) >= 11 is 0. The van der Waals surface area contributed by atoms with E-state index in [-0.39, 0.29) is 11.6 Å². The van der Waals surface area contributed by atoms with Crippen LogP contribution < -0.4 is 10.6 Å². The molecule has 1 aromatic rings. The molecule has 1 saturated heterocycles. The molecular formula is C13H16N2O2. The molecule has 1 aliphatic carbocycles. The Morgan fingerprint density at radius 2 is 1.82 bits per heavy atom. The van der Waals surface area contributed by atoms with Gasteiger partial charge >= 0.3 is 6.09 Å². The lowest BCUT2D eigenvalue weighted by atomic mass is 9.97. The molecule has 2 fully saturated rings. The number of anilines is 2. The molecule has 1 heterocycles. The van der Waals surface area contributed by atoms with Crippen LogP contribution in [0, 0.1) is 0 Å². The van der Waals surface area contributed by atoms with E-state index in [0.717, 1.165) is 18.5 Å². The monoisotopic (exact) mass is 232 g/mol. The number of rotatable bonds is 1. The standard InChI is InChI=1S/C13H16N2O2/c14-10-3-5-11(6-4-10)15-12(16)17-9-13(15)7-1-2-8-13/h3-6H,1-2,7-9,14H2. The van der Waals surface area contributed by atoms with Crippen LogP contribution in [-0.2, 0) is 4.74 Å². The lowest BCUT2D eigenvalue weighted by Crippen LogP contribution is -2.45. The molecule has 1 aromatic carbocycles. The molecule has 2 N–H and O–H groups in total. The third kappa shape index (κ3) is 1.55. The van der Waals surface area contributed by atoms with Crippen LogP contribution in [0.5, 0.6) is 0 Å². The number of nitrogens with zero attached hydrogens (tertiary/aromatic N) is 1. The van der Waals surface area contributed by atoms with Gasteiger partial charge in [0.15, 0.2) is 0 Å². The Morgan fingerprint density at radius 1 is 1.18 bits per heavy atom. The summed E-state index contributed by atoms with van der Waals surface area (Å²) in [5.41, 5.74) is 7.17. The number of amides is 1. The summed E-state index contributed by atoms with van der Waals surface area (Å²) in [5.74, 6) is 0. The quantitative estimate of drug-likeness (QED) is 0.757. The van der Waals surface area contributed by atoms with Gasteiger partial charge in [-0.25, -0.2) is 4.79 Å². The van der Waals surface area contributed by atoms with Crippen molar-refractivity contribution in [3.8, 4) is 0 Å². The minimum atomic E-state index is -0.225. The van der Waals surface area contributed by atoms with Crippen molar-refractivity contribution in [3.05, 3.63) is 24.3 Å². The maximum absolute atomic E-state index is 11.9. The summed E-state index contributed by atoms with van der Waals surface area (Å²) in [6, 6.07) is 7.43. The summed E-state index contributed by atoms with van der Waals surface area (Å²) < 4.78 is 5.24. The van der Waals surface area contributed by atoms with E-state index in [1.54, 1.807) is 0 Å². The molecule has 4 heteroatoms. The minimum Gasteiger partial charge on any atom is -0.447 e. The maximum atomic E-state index is 11.9. The van der Waals surface area contributed by atoms with Gasteiger partial charge in [-0.2, -0.15) is 0 Å². The average Bonchev–Trinajstić information content (AvgIpc) is 2.91. The van der Waals surface area contributed by atoms with Crippen LogP contribution in [0.2, 0.25) is 0 Å². The summed E-state index contributed by atoms with van der Waals surface area (Å²) in [6.45, 7) is 0.524. The van der Waals surface area contributed by atoms with Crippen molar-refractivity contribution < 1.29 is 9.53 Å². The molecule has 0 radical (unpaired) electrons. The first-order chi connectivity index (χ1) is 8.21. The van der Waals surface area contributed by atoms with E-state index in [0.29, 0.717) is 12.3 Å². The minimum absolute atomic E-state index is 0.104. The summed E-state index contributed by atoms with van der Waals surface area (Å²) in [4.78, 5) is 13.7. The molecule has 0 atom stereocenters. The van der Waals surface area contributed by atoms with Crippen molar-refractivity contribution in [1.29, 1.82) is 0 Å². The molecule has 17 heavy (non-hydrogen) atoms. The average molecular weight is 232 g/mol. The van der Waals surface area contributed by atoms with Crippen LogP contribution in [0.25, 0.3) is 0 Å². The molecule has 0 bridgehead atoms. The van der Waals surface area contributed by atoms with Crippen molar-refractivity contribution in [3.63, 3.8) is 0 Å². The molecule has 90 valence electrons. The zero-order chi connectivity index (χ0) is 11.9. The molecular weight excluding hydrogens is 216 g/mol. The summed E-state index contributed by atoms with van der Waals surface area (Å²) in [5, 5.41) is 0. The van der Waals surface area contributed by atoms with Crippen LogP contribution in [-0.4, -0.2) is 18.2 Å². The van der Waals surface area contributed by atoms with E-state index < -0.39 is 0 Å². The highest BCUT2D eigenvalue weighted by Gasteiger charge is 2.49. The normalized spacial score (nSPS) is 22.1. The highest BCUT2D eigenvalue weighted by atomic mass is 16.6. The Balaban J connectivity index is 1.98. The Hall–Kier alpha value is -1.71. The summed E-state index contributed by atoms with van der Waals surface area (Å²) in [7, 11) is 0. The topological polar surface area (TPSA) is 55.6 Å². The molecule has 1 aliphatic heterocycles. The zero-order valence-corrected chi connectivity index (χ0v) is 9.69. The number of carbonyl (C=O) groups is 1. The lowest BCUT2D eigenvalue weighted by Gasteiger charge is -2.31. The Morgan fingerprint density at radius 3 is 2.47 bits per heavy atom. The van der Waals surface area contributed by atoms with Crippen LogP contribution in [0.3, 0.4) is 0 Å². The summed E-state index contributed by atoms with van der Waals surface area (Å²) in [6.07, 6.45) is 4.17. The van der Waals surface area contributed by atoms with E-state index in [9.17, 15) is 4.79 Å². The predicted octanol–water partition coefficient (Wildman–Crippen LogP) is 2.54. The van der Waals surface area contributed by atoms with Gasteiger partial charge in [0.1, 0.15) is 6.61 Å². The highest BCUT2D eigenvalue weighted by molar-refractivity contribution is 5.91. The second-order valence-electron chi connectivity index (χ2n) is 4.91. The zero-order valence-electron chi connectivity index (χ0n) is 9.69. The third-order valence-electron chi connectivity index (χ3n) is 3.81. The van der Waals surface area contributed by atoms with Crippen molar-refractivity contribution in [2.45, 2.75) is 31.2 Å². The van der Waals surface area contributed by atoms with E-state index in [2.05, 4.69) is 0 Å². The van der Waals surface area contributed by atoms with Gasteiger partial charge in [0.25, 0.3) is 0 Å². The highest BCUT2D eigenvalue weighted by Crippen LogP contribution is 2.42. The van der Waals surface area contributed by atoms with Gasteiger partial charge < -0.3 is 10.5 Å². The largest absolute Gasteiger partial charge is 0.447 e. The van der Waals surface area contributed by atoms with Crippen molar-refractivity contribution in [2.24, 2.45) is 0 Å². The number of nitrogens with two attached hydrogens (primary N) is 1. The van der Waals surface area contributed by atoms with Crippen molar-refractivity contribution in [2.75, 3.05) is 17.2 Å². The SMILES string of the molecule is Nc1ccc(N2C(=O)OCC23CCCC3)cc1. The lowest BCUT2D eigenvalue weighted by molar-refractivity contribution is 0.173. The number of hydrogen-bond donors (Lipinski definition) is 1. The van der Waals surface area contributed by atoms with Gasteiger partial charge in [-0.05, 0) is 37.1 Å². The van der Waals surface area contributed by atoms with E-state index >= 15 is 0 Å². The van der Waals surface area contributed by atoms with Crippen LogP contribution in [0.4, 0.5) is 16.2 Å². The van der Waals surface area contributed by atoms with Crippen molar-refractivity contribution in [1.82, 2.24) is 0 Å². The Bertz CT molecular complexity index is 435. The number of benzene rings is 1. The molecule has 1 amide bonds. The van der Waals surface area contributed by atoms with Gasteiger partial charge in [-0.3, -0.25) is 4.90 Å². The molecule has 1 spiro atoms. The fourth-order valence-electron chi connectivity index (χ4n) is 2.92.